The van der Waals surface area contributed by atoms with Crippen molar-refractivity contribution in [1.82, 2.24) is 34.7 Å². The Morgan fingerprint density at radius 1 is 1.03 bits per heavy atom. The van der Waals surface area contributed by atoms with Crippen LogP contribution in [0, 0.1) is 6.92 Å². The molecule has 0 saturated carbocycles. The molecule has 1 N–H and O–H groups in total. The average molecular weight is 514 g/mol. The maximum Gasteiger partial charge on any atom is 0.292 e. The van der Waals surface area contributed by atoms with Gasteiger partial charge in [0.15, 0.2) is 11.4 Å². The molecular weight excluding hydrogens is 486 g/mol. The standard InChI is InChI=1S/C27H27N7O2S/c1-17-29-16-23(37-17)25-24(19-5-6-20-18(14-19)4-3-7-28-20)30-21-15-22(27(35)32-26(21)31-25)36-13-12-34-10-8-33(2)9-11-34/h3-7,14-16H,8-13H2,1-2H3,(H,31,32,35). The van der Waals surface area contributed by atoms with Crippen LogP contribution in [-0.4, -0.2) is 81.1 Å². The van der Waals surface area contributed by atoms with E-state index in [-0.39, 0.29) is 11.3 Å². The van der Waals surface area contributed by atoms with Gasteiger partial charge < -0.3 is 14.6 Å². The summed E-state index contributed by atoms with van der Waals surface area (Å²) in [6.45, 7) is 7.26. The number of thiazole rings is 1. The summed E-state index contributed by atoms with van der Waals surface area (Å²) in [4.78, 5) is 39.9. The number of fused-ring (bicyclic) bond motifs is 2. The van der Waals surface area contributed by atoms with Crippen molar-refractivity contribution in [1.29, 1.82) is 0 Å². The molecule has 0 atom stereocenters. The molecule has 10 heteroatoms. The first-order valence-corrected chi connectivity index (χ1v) is 13.1. The minimum Gasteiger partial charge on any atom is -0.486 e. The lowest BCUT2D eigenvalue weighted by atomic mass is 10.1. The highest BCUT2D eigenvalue weighted by molar-refractivity contribution is 7.15. The number of rotatable bonds is 6. The third kappa shape index (κ3) is 4.95. The lowest BCUT2D eigenvalue weighted by Gasteiger charge is -2.32. The Labute approximate surface area is 217 Å². The van der Waals surface area contributed by atoms with Gasteiger partial charge in [-0.05, 0) is 32.2 Å². The first-order chi connectivity index (χ1) is 18.0. The summed E-state index contributed by atoms with van der Waals surface area (Å²) in [6, 6.07) is 11.7. The zero-order valence-corrected chi connectivity index (χ0v) is 21.6. The zero-order chi connectivity index (χ0) is 25.4. The van der Waals surface area contributed by atoms with Gasteiger partial charge in [-0.3, -0.25) is 14.7 Å². The minimum absolute atomic E-state index is 0.256. The van der Waals surface area contributed by atoms with Gasteiger partial charge in [0.05, 0.1) is 21.1 Å². The fourth-order valence-electron chi connectivity index (χ4n) is 4.53. The number of likely N-dealkylation sites (N-methyl/N-ethyl adjacent to an activating group) is 1. The summed E-state index contributed by atoms with van der Waals surface area (Å²) < 4.78 is 5.91. The topological polar surface area (TPSA) is 100 Å². The van der Waals surface area contributed by atoms with Gasteiger partial charge in [0.1, 0.15) is 17.8 Å². The molecular formula is C27H27N7O2S. The highest BCUT2D eigenvalue weighted by Gasteiger charge is 2.18. The molecule has 0 amide bonds. The summed E-state index contributed by atoms with van der Waals surface area (Å²) >= 11 is 1.54. The normalized spacial score (nSPS) is 15.0. The quantitative estimate of drug-likeness (QED) is 0.368. The van der Waals surface area contributed by atoms with Crippen LogP contribution in [0.3, 0.4) is 0 Å². The maximum absolute atomic E-state index is 12.8. The Kier molecular flexibility index (Phi) is 6.37. The van der Waals surface area contributed by atoms with Crippen LogP contribution in [0.5, 0.6) is 5.75 Å². The number of benzene rings is 1. The number of hydrogen-bond acceptors (Lipinski definition) is 9. The largest absolute Gasteiger partial charge is 0.486 e. The molecule has 4 aromatic heterocycles. The van der Waals surface area contributed by atoms with Crippen LogP contribution in [-0.2, 0) is 0 Å². The first kappa shape index (κ1) is 23.7. The van der Waals surface area contributed by atoms with Crippen LogP contribution in [0.2, 0.25) is 0 Å². The molecule has 1 aliphatic heterocycles. The summed E-state index contributed by atoms with van der Waals surface area (Å²) in [6.07, 6.45) is 3.58. The number of pyridine rings is 2. The fourth-order valence-corrected chi connectivity index (χ4v) is 5.30. The second kappa shape index (κ2) is 9.97. The predicted molar refractivity (Wildman–Crippen MR) is 146 cm³/mol. The molecule has 0 aliphatic carbocycles. The Hall–Kier alpha value is -3.73. The van der Waals surface area contributed by atoms with E-state index in [4.69, 9.17) is 14.7 Å². The molecule has 1 aromatic carbocycles. The van der Waals surface area contributed by atoms with Crippen molar-refractivity contribution < 1.29 is 4.74 Å². The van der Waals surface area contributed by atoms with Gasteiger partial charge in [0, 0.05) is 62.1 Å². The number of H-pyrrole nitrogens is 1. The molecule has 5 heterocycles. The van der Waals surface area contributed by atoms with Crippen molar-refractivity contribution in [3.05, 3.63) is 64.2 Å². The van der Waals surface area contributed by atoms with Crippen LogP contribution in [0.4, 0.5) is 0 Å². The molecule has 37 heavy (non-hydrogen) atoms. The molecule has 0 spiro atoms. The van der Waals surface area contributed by atoms with Crippen molar-refractivity contribution in [3.8, 4) is 27.6 Å². The van der Waals surface area contributed by atoms with E-state index >= 15 is 0 Å². The molecule has 9 nitrogen and oxygen atoms in total. The number of piperazine rings is 1. The molecule has 0 unspecified atom stereocenters. The third-order valence-electron chi connectivity index (χ3n) is 6.64. The number of hydrogen-bond donors (Lipinski definition) is 1. The van der Waals surface area contributed by atoms with Gasteiger partial charge in [-0.1, -0.05) is 12.1 Å². The number of ether oxygens (including phenoxy) is 1. The summed E-state index contributed by atoms with van der Waals surface area (Å²) in [5, 5.41) is 1.95. The Morgan fingerprint density at radius 2 is 1.89 bits per heavy atom. The van der Waals surface area contributed by atoms with Gasteiger partial charge in [-0.2, -0.15) is 0 Å². The zero-order valence-electron chi connectivity index (χ0n) is 20.8. The highest BCUT2D eigenvalue weighted by Crippen LogP contribution is 2.34. The Balaban J connectivity index is 1.37. The first-order valence-electron chi connectivity index (χ1n) is 12.3. The second-order valence-electron chi connectivity index (χ2n) is 9.27. The smallest absolute Gasteiger partial charge is 0.292 e. The lowest BCUT2D eigenvalue weighted by Crippen LogP contribution is -2.45. The molecule has 0 radical (unpaired) electrons. The number of nitrogens with zero attached hydrogens (tertiary/aromatic N) is 6. The van der Waals surface area contributed by atoms with Crippen LogP contribution in [0.25, 0.3) is 43.9 Å². The minimum atomic E-state index is -0.309. The predicted octanol–water partition coefficient (Wildman–Crippen LogP) is 3.59. The van der Waals surface area contributed by atoms with Gasteiger partial charge in [-0.25, -0.2) is 15.0 Å². The van der Waals surface area contributed by atoms with E-state index in [1.54, 1.807) is 29.8 Å². The van der Waals surface area contributed by atoms with E-state index in [0.29, 0.717) is 23.5 Å². The molecule has 6 rings (SSSR count). The molecule has 188 valence electrons. The molecule has 5 aromatic rings. The van der Waals surface area contributed by atoms with E-state index in [1.165, 1.54) is 0 Å². The van der Waals surface area contributed by atoms with Crippen molar-refractivity contribution >= 4 is 33.4 Å². The molecule has 1 saturated heterocycles. The third-order valence-corrected chi connectivity index (χ3v) is 7.56. The van der Waals surface area contributed by atoms with Crippen LogP contribution in [0.1, 0.15) is 5.01 Å². The monoisotopic (exact) mass is 513 g/mol. The van der Waals surface area contributed by atoms with Crippen molar-refractivity contribution in [2.24, 2.45) is 0 Å². The Bertz CT molecular complexity index is 1640. The number of aryl methyl sites for hydroxylation is 1. The summed E-state index contributed by atoms with van der Waals surface area (Å²) in [5.74, 6) is 0.256. The van der Waals surface area contributed by atoms with Crippen molar-refractivity contribution in [2.45, 2.75) is 6.92 Å². The van der Waals surface area contributed by atoms with Gasteiger partial charge in [0.2, 0.25) is 0 Å². The van der Waals surface area contributed by atoms with Gasteiger partial charge >= 0.3 is 0 Å². The van der Waals surface area contributed by atoms with E-state index in [2.05, 4.69) is 37.9 Å². The molecule has 0 bridgehead atoms. The van der Waals surface area contributed by atoms with Gasteiger partial charge in [0.25, 0.3) is 5.56 Å². The number of aromatic amines is 1. The van der Waals surface area contributed by atoms with Crippen LogP contribution in [0.15, 0.2) is 53.6 Å². The van der Waals surface area contributed by atoms with Crippen molar-refractivity contribution in [2.75, 3.05) is 46.4 Å². The Morgan fingerprint density at radius 3 is 2.70 bits per heavy atom. The number of nitrogens with one attached hydrogen (secondary N) is 1. The molecule has 1 aliphatic rings. The van der Waals surface area contributed by atoms with E-state index in [1.807, 2.05) is 31.2 Å². The van der Waals surface area contributed by atoms with Crippen LogP contribution >= 0.6 is 11.3 Å². The van der Waals surface area contributed by atoms with Crippen LogP contribution < -0.4 is 10.3 Å². The van der Waals surface area contributed by atoms with E-state index in [9.17, 15) is 4.79 Å². The van der Waals surface area contributed by atoms with Gasteiger partial charge in [-0.15, -0.1) is 11.3 Å². The lowest BCUT2D eigenvalue weighted by molar-refractivity contribution is 0.133. The fraction of sp³-hybridized carbons (Fsp3) is 0.296. The van der Waals surface area contributed by atoms with E-state index in [0.717, 1.165) is 64.8 Å². The maximum atomic E-state index is 12.8. The summed E-state index contributed by atoms with van der Waals surface area (Å²) in [7, 11) is 2.13. The van der Waals surface area contributed by atoms with Crippen molar-refractivity contribution in [3.63, 3.8) is 0 Å². The average Bonchev–Trinajstić information content (AvgIpc) is 3.35. The SMILES string of the molecule is Cc1ncc(-c2nc3[nH]c(=O)c(OCCN4CCN(C)CC4)cc3nc2-c2ccc3ncccc3c2)s1. The number of aromatic nitrogens is 5. The summed E-state index contributed by atoms with van der Waals surface area (Å²) in [5.41, 5.74) is 3.91. The second-order valence-corrected chi connectivity index (χ2v) is 10.5. The highest BCUT2D eigenvalue weighted by atomic mass is 32.1. The van der Waals surface area contributed by atoms with E-state index < -0.39 is 0 Å². The molecule has 1 fully saturated rings.